The van der Waals surface area contributed by atoms with Crippen molar-refractivity contribution in [2.45, 2.75) is 44.6 Å². The van der Waals surface area contributed by atoms with Crippen LogP contribution in [0.25, 0.3) is 0 Å². The number of carbonyl (C=O) groups excluding carboxylic acids is 1. The van der Waals surface area contributed by atoms with Crippen LogP contribution in [0.5, 0.6) is 5.75 Å². The number of aryl methyl sites for hydroxylation is 1. The first-order valence-corrected chi connectivity index (χ1v) is 15.4. The summed E-state index contributed by atoms with van der Waals surface area (Å²) in [6, 6.07) is 9.12. The third-order valence-electron chi connectivity index (χ3n) is 7.59. The van der Waals surface area contributed by atoms with Crippen LogP contribution in [0.3, 0.4) is 0 Å². The number of likely N-dealkylation sites (tertiary alicyclic amines) is 1. The van der Waals surface area contributed by atoms with E-state index in [1.54, 1.807) is 4.90 Å². The number of carboxylic acids is 1. The predicted octanol–water partition coefficient (Wildman–Crippen LogP) is 1.69. The fraction of sp³-hybridized carbons (Fsp3) is 0.536. The molecule has 1 aromatic heterocycles. The number of carbonyl (C=O) groups is 2. The van der Waals surface area contributed by atoms with Gasteiger partial charge in [0.15, 0.2) is 12.4 Å². The second kappa shape index (κ2) is 12.4. The Labute approximate surface area is 230 Å². The van der Waals surface area contributed by atoms with Gasteiger partial charge in [0.2, 0.25) is 15.9 Å². The number of pyridine rings is 1. The van der Waals surface area contributed by atoms with E-state index in [4.69, 9.17) is 4.74 Å². The zero-order chi connectivity index (χ0) is 28.2. The van der Waals surface area contributed by atoms with Crippen molar-refractivity contribution in [2.24, 2.45) is 13.0 Å². The molecule has 2 aliphatic rings. The number of rotatable bonds is 12. The first-order valence-electron chi connectivity index (χ1n) is 13.5. The van der Waals surface area contributed by atoms with Crippen molar-refractivity contribution in [3.63, 3.8) is 0 Å². The van der Waals surface area contributed by atoms with E-state index in [-0.39, 0.29) is 31.3 Å². The number of ether oxygens (including phenoxy) is 1. The molecule has 0 aliphatic carbocycles. The van der Waals surface area contributed by atoms with Gasteiger partial charge in [-0.25, -0.2) is 17.7 Å². The second-order valence-corrected chi connectivity index (χ2v) is 12.3. The molecule has 0 unspecified atom stereocenters. The molecule has 2 aromatic rings. The van der Waals surface area contributed by atoms with Crippen molar-refractivity contribution in [1.29, 1.82) is 0 Å². The molecule has 1 fully saturated rings. The van der Waals surface area contributed by atoms with E-state index < -0.39 is 28.0 Å². The zero-order valence-electron chi connectivity index (χ0n) is 22.9. The lowest BCUT2D eigenvalue weighted by molar-refractivity contribution is -0.670. The summed E-state index contributed by atoms with van der Waals surface area (Å²) in [4.78, 5) is 30.1. The minimum absolute atomic E-state index is 0.0419. The number of carboxylic acid groups (broad SMARTS) is 1. The van der Waals surface area contributed by atoms with Crippen molar-refractivity contribution in [1.82, 2.24) is 9.62 Å². The summed E-state index contributed by atoms with van der Waals surface area (Å²) >= 11 is 0. The number of nitrogens with one attached hydrogen (secondary N) is 1. The SMILES string of the molecule is CCCCN(C(=O)CN1C[C@H](c2ccc3c(c2)CCO3)[C@@H](C(=O)O)[C@@H]1CCNS(C)(=O)=O)c1ccc[n+](C)c1. The molecular formula is C28H39N4O6S+. The molecule has 1 saturated heterocycles. The highest BCUT2D eigenvalue weighted by Crippen LogP contribution is 2.41. The maximum atomic E-state index is 13.8. The van der Waals surface area contributed by atoms with Crippen LogP contribution in [0, 0.1) is 5.92 Å². The minimum atomic E-state index is -3.44. The highest BCUT2D eigenvalue weighted by Gasteiger charge is 2.47. The number of hydrogen-bond donors (Lipinski definition) is 2. The number of sulfonamides is 1. The highest BCUT2D eigenvalue weighted by molar-refractivity contribution is 7.88. The van der Waals surface area contributed by atoms with Gasteiger partial charge in [-0.3, -0.25) is 14.5 Å². The molecule has 0 spiro atoms. The highest BCUT2D eigenvalue weighted by atomic mass is 32.2. The lowest BCUT2D eigenvalue weighted by Crippen LogP contribution is -2.46. The van der Waals surface area contributed by atoms with Crippen LogP contribution in [0.2, 0.25) is 0 Å². The number of amides is 1. The average Bonchev–Trinajstić information content (AvgIpc) is 3.48. The number of nitrogens with zero attached hydrogens (tertiary/aromatic N) is 3. The smallest absolute Gasteiger partial charge is 0.308 e. The molecule has 212 valence electrons. The Balaban J connectivity index is 1.63. The Bertz CT molecular complexity index is 1300. The maximum absolute atomic E-state index is 13.8. The van der Waals surface area contributed by atoms with Crippen molar-refractivity contribution in [3.8, 4) is 5.75 Å². The normalized spacial score (nSPS) is 20.9. The lowest BCUT2D eigenvalue weighted by Gasteiger charge is -2.29. The minimum Gasteiger partial charge on any atom is -0.493 e. The second-order valence-electron chi connectivity index (χ2n) is 10.5. The first kappa shape index (κ1) is 29.0. The van der Waals surface area contributed by atoms with Gasteiger partial charge in [0, 0.05) is 44.1 Å². The van der Waals surface area contributed by atoms with Gasteiger partial charge in [0.25, 0.3) is 0 Å². The Morgan fingerprint density at radius 2 is 2.08 bits per heavy atom. The summed E-state index contributed by atoms with van der Waals surface area (Å²) in [6.07, 6.45) is 7.70. The molecule has 2 aliphatic heterocycles. The largest absolute Gasteiger partial charge is 0.493 e. The number of unbranched alkanes of at least 4 members (excludes halogenated alkanes) is 1. The zero-order valence-corrected chi connectivity index (χ0v) is 23.7. The van der Waals surface area contributed by atoms with E-state index in [2.05, 4.69) is 11.6 Å². The molecule has 0 saturated carbocycles. The number of fused-ring (bicyclic) bond motifs is 1. The van der Waals surface area contributed by atoms with E-state index in [1.165, 1.54) is 0 Å². The molecule has 10 nitrogen and oxygen atoms in total. The summed E-state index contributed by atoms with van der Waals surface area (Å²) < 4.78 is 33.5. The number of benzene rings is 1. The van der Waals surface area contributed by atoms with Crippen LogP contribution in [0.1, 0.15) is 43.2 Å². The quantitative estimate of drug-likeness (QED) is 0.380. The molecule has 0 bridgehead atoms. The van der Waals surface area contributed by atoms with Gasteiger partial charge in [-0.15, -0.1) is 0 Å². The number of anilines is 1. The Kier molecular flexibility index (Phi) is 9.24. The topological polar surface area (TPSA) is 120 Å². The standard InChI is InChI=1S/C28H38N4O6S/c1-4-5-14-32(22-7-6-13-30(2)17-22)26(33)19-31-18-23(20-8-9-25-21(16-20)11-15-38-25)27(28(34)35)24(31)10-12-29-39(3,36)37/h6-9,13,16-17,23-24,27,29H,4-5,10-12,14-15,18-19H2,1-3H3/p+1/t23-,24+,27-/m1/s1. The van der Waals surface area contributed by atoms with Gasteiger partial charge >= 0.3 is 5.97 Å². The summed E-state index contributed by atoms with van der Waals surface area (Å²) in [5, 5.41) is 10.4. The van der Waals surface area contributed by atoms with E-state index in [1.807, 2.05) is 59.2 Å². The van der Waals surface area contributed by atoms with Crippen molar-refractivity contribution in [2.75, 3.05) is 43.9 Å². The van der Waals surface area contributed by atoms with Crippen LogP contribution in [-0.4, -0.2) is 75.4 Å². The summed E-state index contributed by atoms with van der Waals surface area (Å²) in [5.41, 5.74) is 2.75. The van der Waals surface area contributed by atoms with E-state index in [0.717, 1.165) is 48.1 Å². The fourth-order valence-corrected chi connectivity index (χ4v) is 6.21. The van der Waals surface area contributed by atoms with Gasteiger partial charge in [-0.1, -0.05) is 25.5 Å². The molecule has 11 heteroatoms. The van der Waals surface area contributed by atoms with Gasteiger partial charge in [0.05, 0.1) is 25.3 Å². The van der Waals surface area contributed by atoms with Crippen molar-refractivity contribution >= 4 is 27.6 Å². The molecule has 4 rings (SSSR count). The van der Waals surface area contributed by atoms with Gasteiger partial charge in [-0.2, -0.15) is 0 Å². The van der Waals surface area contributed by atoms with Crippen LogP contribution in [0.4, 0.5) is 5.69 Å². The number of hydrogen-bond acceptors (Lipinski definition) is 6. The van der Waals surface area contributed by atoms with E-state index >= 15 is 0 Å². The average molecular weight is 560 g/mol. The van der Waals surface area contributed by atoms with E-state index in [0.29, 0.717) is 19.7 Å². The number of aliphatic carboxylic acids is 1. The van der Waals surface area contributed by atoms with Crippen LogP contribution >= 0.6 is 0 Å². The Hall–Kier alpha value is -3.02. The molecule has 1 amide bonds. The van der Waals surface area contributed by atoms with Gasteiger partial charge in [0.1, 0.15) is 18.5 Å². The van der Waals surface area contributed by atoms with Crippen molar-refractivity contribution in [3.05, 3.63) is 53.9 Å². The lowest BCUT2D eigenvalue weighted by atomic mass is 9.83. The van der Waals surface area contributed by atoms with Crippen LogP contribution in [-0.2, 0) is 33.1 Å². The Morgan fingerprint density at radius 3 is 2.77 bits per heavy atom. The number of aromatic nitrogens is 1. The van der Waals surface area contributed by atoms with Gasteiger partial charge in [-0.05, 0) is 36.1 Å². The fourth-order valence-electron chi connectivity index (χ4n) is 5.72. The molecular weight excluding hydrogens is 520 g/mol. The summed E-state index contributed by atoms with van der Waals surface area (Å²) in [5.74, 6) is -1.37. The van der Waals surface area contributed by atoms with Crippen molar-refractivity contribution < 1.29 is 32.4 Å². The monoisotopic (exact) mass is 559 g/mol. The molecule has 3 heterocycles. The third kappa shape index (κ3) is 7.14. The molecule has 0 radical (unpaired) electrons. The van der Waals surface area contributed by atoms with Crippen LogP contribution < -0.4 is 18.9 Å². The third-order valence-corrected chi connectivity index (χ3v) is 8.32. The molecule has 3 atom stereocenters. The summed E-state index contributed by atoms with van der Waals surface area (Å²) in [6.45, 7) is 3.76. The molecule has 2 N–H and O–H groups in total. The molecule has 1 aromatic carbocycles. The van der Waals surface area contributed by atoms with E-state index in [9.17, 15) is 23.1 Å². The maximum Gasteiger partial charge on any atom is 0.308 e. The predicted molar refractivity (Wildman–Crippen MR) is 147 cm³/mol. The first-order chi connectivity index (χ1) is 18.6. The summed E-state index contributed by atoms with van der Waals surface area (Å²) in [7, 11) is -1.53. The Morgan fingerprint density at radius 1 is 1.28 bits per heavy atom. The molecule has 39 heavy (non-hydrogen) atoms. The van der Waals surface area contributed by atoms with Crippen LogP contribution in [0.15, 0.2) is 42.7 Å². The van der Waals surface area contributed by atoms with Gasteiger partial charge < -0.3 is 14.7 Å².